The van der Waals surface area contributed by atoms with Crippen molar-refractivity contribution in [3.63, 3.8) is 0 Å². The molecule has 0 amide bonds. The van der Waals surface area contributed by atoms with E-state index in [1.807, 2.05) is 36.4 Å². The quantitative estimate of drug-likeness (QED) is 0.491. The lowest BCUT2D eigenvalue weighted by molar-refractivity contribution is 0.217. The maximum atomic E-state index is 12.5. The van der Waals surface area contributed by atoms with Crippen molar-refractivity contribution in [2.45, 2.75) is 49.5 Å². The molecule has 2 N–H and O–H groups in total. The highest BCUT2D eigenvalue weighted by molar-refractivity contribution is 7.99. The standard InChI is InChI=1S/C22H23N5O2S/c1-2-5-19-23-16-10-11-27(13-15(16)21(28)26-19)12-14-8-9-20(29-14)30-22-24-17-6-3-4-7-18(17)25-22/h3-4,6-9H,2,5,10-13H2,1H3,(H,24,25)(H,23,26,28). The topological polar surface area (TPSA) is 90.8 Å². The average Bonchev–Trinajstić information content (AvgIpc) is 3.35. The van der Waals surface area contributed by atoms with Gasteiger partial charge in [0, 0.05) is 25.9 Å². The van der Waals surface area contributed by atoms with Crippen LogP contribution in [0.4, 0.5) is 0 Å². The number of benzene rings is 1. The van der Waals surface area contributed by atoms with Gasteiger partial charge in [-0.05, 0) is 42.4 Å². The van der Waals surface area contributed by atoms with Gasteiger partial charge in [0.25, 0.3) is 5.56 Å². The van der Waals surface area contributed by atoms with Gasteiger partial charge in [-0.1, -0.05) is 19.1 Å². The summed E-state index contributed by atoms with van der Waals surface area (Å²) in [5, 5.41) is 1.61. The van der Waals surface area contributed by atoms with E-state index >= 15 is 0 Å². The molecule has 4 heterocycles. The minimum Gasteiger partial charge on any atom is -0.453 e. The minimum atomic E-state index is -0.00581. The number of hydrogen-bond acceptors (Lipinski definition) is 6. The highest BCUT2D eigenvalue weighted by atomic mass is 32.2. The number of hydrogen-bond donors (Lipinski definition) is 2. The molecular weight excluding hydrogens is 398 g/mol. The zero-order valence-corrected chi connectivity index (χ0v) is 17.6. The molecule has 0 saturated heterocycles. The van der Waals surface area contributed by atoms with E-state index in [4.69, 9.17) is 4.42 Å². The van der Waals surface area contributed by atoms with Crippen molar-refractivity contribution >= 4 is 22.8 Å². The molecule has 5 rings (SSSR count). The maximum Gasteiger partial charge on any atom is 0.255 e. The number of rotatable bonds is 6. The van der Waals surface area contributed by atoms with E-state index in [-0.39, 0.29) is 5.56 Å². The zero-order valence-electron chi connectivity index (χ0n) is 16.8. The van der Waals surface area contributed by atoms with E-state index in [9.17, 15) is 4.79 Å². The molecule has 0 radical (unpaired) electrons. The molecule has 8 heteroatoms. The monoisotopic (exact) mass is 421 g/mol. The van der Waals surface area contributed by atoms with Crippen molar-refractivity contribution in [3.8, 4) is 0 Å². The summed E-state index contributed by atoms with van der Waals surface area (Å²) in [4.78, 5) is 30.2. The van der Waals surface area contributed by atoms with Crippen molar-refractivity contribution in [1.29, 1.82) is 0 Å². The number of nitrogens with zero attached hydrogens (tertiary/aromatic N) is 3. The zero-order chi connectivity index (χ0) is 20.5. The van der Waals surface area contributed by atoms with Crippen LogP contribution in [0.5, 0.6) is 0 Å². The van der Waals surface area contributed by atoms with Crippen molar-refractivity contribution < 1.29 is 4.42 Å². The summed E-state index contributed by atoms with van der Waals surface area (Å²) < 4.78 is 6.02. The van der Waals surface area contributed by atoms with Crippen LogP contribution in [-0.2, 0) is 25.9 Å². The Hall–Kier alpha value is -2.84. The number of aryl methyl sites for hydroxylation is 1. The van der Waals surface area contributed by atoms with E-state index in [1.165, 1.54) is 11.8 Å². The molecule has 0 aliphatic carbocycles. The fraction of sp³-hybridized carbons (Fsp3) is 0.318. The van der Waals surface area contributed by atoms with Crippen LogP contribution in [0.2, 0.25) is 0 Å². The third-order valence-electron chi connectivity index (χ3n) is 5.26. The first-order chi connectivity index (χ1) is 14.7. The van der Waals surface area contributed by atoms with Gasteiger partial charge in [0.1, 0.15) is 11.6 Å². The van der Waals surface area contributed by atoms with Gasteiger partial charge in [0.05, 0.1) is 28.8 Å². The molecule has 7 nitrogen and oxygen atoms in total. The van der Waals surface area contributed by atoms with Crippen LogP contribution < -0.4 is 5.56 Å². The number of furan rings is 1. The molecule has 1 aliphatic rings. The van der Waals surface area contributed by atoms with Gasteiger partial charge in [0.2, 0.25) is 0 Å². The lowest BCUT2D eigenvalue weighted by Gasteiger charge is -2.26. The number of aromatic amines is 2. The second-order valence-electron chi connectivity index (χ2n) is 7.53. The summed E-state index contributed by atoms with van der Waals surface area (Å²) in [6.45, 7) is 4.21. The number of imidazole rings is 1. The Morgan fingerprint density at radius 2 is 2.07 bits per heavy atom. The highest BCUT2D eigenvalue weighted by Gasteiger charge is 2.22. The summed E-state index contributed by atoms with van der Waals surface area (Å²) in [6, 6.07) is 11.9. The molecule has 1 aliphatic heterocycles. The lowest BCUT2D eigenvalue weighted by Crippen LogP contribution is -2.35. The first-order valence-corrected chi connectivity index (χ1v) is 11.0. The second kappa shape index (κ2) is 8.12. The third-order valence-corrected chi connectivity index (χ3v) is 6.07. The number of nitrogens with one attached hydrogen (secondary N) is 2. The summed E-state index contributed by atoms with van der Waals surface area (Å²) in [5.74, 6) is 1.68. The molecule has 154 valence electrons. The fourth-order valence-corrected chi connectivity index (χ4v) is 4.59. The Morgan fingerprint density at radius 3 is 2.93 bits per heavy atom. The highest BCUT2D eigenvalue weighted by Crippen LogP contribution is 2.29. The average molecular weight is 422 g/mol. The van der Waals surface area contributed by atoms with Gasteiger partial charge in [0.15, 0.2) is 10.2 Å². The van der Waals surface area contributed by atoms with E-state index < -0.39 is 0 Å². The van der Waals surface area contributed by atoms with Crippen molar-refractivity contribution in [3.05, 3.63) is 69.6 Å². The molecule has 1 aromatic carbocycles. The molecule has 0 saturated carbocycles. The van der Waals surface area contributed by atoms with Gasteiger partial charge in [-0.25, -0.2) is 9.97 Å². The Bertz CT molecular complexity index is 1210. The Labute approximate surface area is 177 Å². The molecule has 30 heavy (non-hydrogen) atoms. The smallest absolute Gasteiger partial charge is 0.255 e. The molecule has 0 bridgehead atoms. The Balaban J connectivity index is 1.26. The van der Waals surface area contributed by atoms with E-state index in [2.05, 4.69) is 31.8 Å². The summed E-state index contributed by atoms with van der Waals surface area (Å²) in [6.07, 6.45) is 2.57. The van der Waals surface area contributed by atoms with Crippen LogP contribution in [0.25, 0.3) is 11.0 Å². The number of para-hydroxylation sites is 2. The predicted molar refractivity (Wildman–Crippen MR) is 116 cm³/mol. The fourth-order valence-electron chi connectivity index (χ4n) is 3.81. The normalized spacial score (nSPS) is 14.3. The summed E-state index contributed by atoms with van der Waals surface area (Å²) in [7, 11) is 0. The van der Waals surface area contributed by atoms with E-state index in [0.29, 0.717) is 13.1 Å². The van der Waals surface area contributed by atoms with Crippen LogP contribution in [0.1, 0.15) is 36.2 Å². The molecule has 3 aromatic heterocycles. The van der Waals surface area contributed by atoms with Crippen LogP contribution in [-0.4, -0.2) is 31.4 Å². The Kier molecular flexibility index (Phi) is 5.18. The second-order valence-corrected chi connectivity index (χ2v) is 8.52. The molecule has 0 atom stereocenters. The first kappa shape index (κ1) is 19.1. The lowest BCUT2D eigenvalue weighted by atomic mass is 10.1. The van der Waals surface area contributed by atoms with Crippen LogP contribution in [0, 0.1) is 0 Å². The molecular formula is C22H23N5O2S. The van der Waals surface area contributed by atoms with Crippen molar-refractivity contribution in [2.75, 3.05) is 6.54 Å². The molecule has 4 aromatic rings. The Morgan fingerprint density at radius 1 is 1.17 bits per heavy atom. The predicted octanol–water partition coefficient (Wildman–Crippen LogP) is 3.90. The molecule has 0 spiro atoms. The van der Waals surface area contributed by atoms with Gasteiger partial charge < -0.3 is 14.4 Å². The van der Waals surface area contributed by atoms with Crippen LogP contribution in [0.3, 0.4) is 0 Å². The maximum absolute atomic E-state index is 12.5. The van der Waals surface area contributed by atoms with Crippen molar-refractivity contribution in [1.82, 2.24) is 24.8 Å². The first-order valence-electron chi connectivity index (χ1n) is 10.2. The van der Waals surface area contributed by atoms with Gasteiger partial charge in [-0.15, -0.1) is 0 Å². The largest absolute Gasteiger partial charge is 0.453 e. The SMILES string of the molecule is CCCc1nc2c(c(=O)[nH]1)CN(Cc1ccc(Sc3nc4ccccc4[nH]3)o1)CC2. The third kappa shape index (κ3) is 3.93. The number of aromatic nitrogens is 4. The van der Waals surface area contributed by atoms with E-state index in [0.717, 1.165) is 69.9 Å². The van der Waals surface area contributed by atoms with Gasteiger partial charge >= 0.3 is 0 Å². The molecule has 0 unspecified atom stereocenters. The summed E-state index contributed by atoms with van der Waals surface area (Å²) in [5.41, 5.74) is 3.68. The van der Waals surface area contributed by atoms with Crippen LogP contribution in [0.15, 0.2) is 55.9 Å². The molecule has 0 fully saturated rings. The van der Waals surface area contributed by atoms with Gasteiger partial charge in [-0.3, -0.25) is 9.69 Å². The van der Waals surface area contributed by atoms with E-state index in [1.54, 1.807) is 0 Å². The number of fused-ring (bicyclic) bond motifs is 2. The summed E-state index contributed by atoms with van der Waals surface area (Å²) >= 11 is 1.48. The van der Waals surface area contributed by atoms with Gasteiger partial charge in [-0.2, -0.15) is 0 Å². The minimum absolute atomic E-state index is 0.00581. The van der Waals surface area contributed by atoms with Crippen molar-refractivity contribution in [2.24, 2.45) is 0 Å². The van der Waals surface area contributed by atoms with Crippen LogP contribution >= 0.6 is 11.8 Å². The number of H-pyrrole nitrogens is 2.